The Morgan fingerprint density at radius 1 is 1.04 bits per heavy atom. The van der Waals surface area contributed by atoms with Gasteiger partial charge in [-0.25, -0.2) is 4.98 Å². The van der Waals surface area contributed by atoms with Crippen LogP contribution in [0.25, 0.3) is 10.9 Å². The molecule has 0 aliphatic rings. The number of anilines is 2. The summed E-state index contributed by atoms with van der Waals surface area (Å²) >= 11 is 0. The van der Waals surface area contributed by atoms with E-state index >= 15 is 0 Å². The molecular formula is C21H27N5O2. The van der Waals surface area contributed by atoms with Gasteiger partial charge in [-0.15, -0.1) is 0 Å². The summed E-state index contributed by atoms with van der Waals surface area (Å²) in [4.78, 5) is 11.2. The average molecular weight is 381 g/mol. The van der Waals surface area contributed by atoms with Crippen LogP contribution in [-0.4, -0.2) is 49.7 Å². The van der Waals surface area contributed by atoms with Crippen molar-refractivity contribution in [2.45, 2.75) is 13.0 Å². The number of benzene rings is 2. The van der Waals surface area contributed by atoms with Gasteiger partial charge in [-0.05, 0) is 32.6 Å². The molecule has 0 saturated heterocycles. The van der Waals surface area contributed by atoms with Gasteiger partial charge in [-0.1, -0.05) is 29.8 Å². The number of hydrogen-bond donors (Lipinski definition) is 2. The molecule has 0 aliphatic carbocycles. The van der Waals surface area contributed by atoms with Crippen LogP contribution in [0.5, 0.6) is 11.5 Å². The van der Waals surface area contributed by atoms with Crippen molar-refractivity contribution in [3.8, 4) is 11.5 Å². The van der Waals surface area contributed by atoms with E-state index in [-0.39, 0.29) is 6.04 Å². The average Bonchev–Trinajstić information content (AvgIpc) is 2.68. The lowest BCUT2D eigenvalue weighted by Gasteiger charge is -2.25. The zero-order valence-electron chi connectivity index (χ0n) is 17.0. The molecule has 0 spiro atoms. The molecule has 3 rings (SSSR count). The minimum Gasteiger partial charge on any atom is -0.493 e. The number of rotatable bonds is 7. The number of nitrogens with zero attached hydrogens (tertiary/aromatic N) is 3. The minimum atomic E-state index is 0.173. The normalized spacial score (nSPS) is 12.2. The summed E-state index contributed by atoms with van der Waals surface area (Å²) in [6, 6.07) is 12.3. The van der Waals surface area contributed by atoms with Crippen LogP contribution in [0.3, 0.4) is 0 Å². The molecule has 0 fully saturated rings. The fourth-order valence-corrected chi connectivity index (χ4v) is 3.13. The molecule has 7 heteroatoms. The van der Waals surface area contributed by atoms with Crippen molar-refractivity contribution in [3.63, 3.8) is 0 Å². The highest BCUT2D eigenvalue weighted by Gasteiger charge is 2.16. The highest BCUT2D eigenvalue weighted by Crippen LogP contribution is 2.33. The van der Waals surface area contributed by atoms with Crippen molar-refractivity contribution in [1.82, 2.24) is 14.9 Å². The maximum atomic E-state index is 6.17. The first kappa shape index (κ1) is 19.7. The van der Waals surface area contributed by atoms with E-state index in [2.05, 4.69) is 65.5 Å². The van der Waals surface area contributed by atoms with Gasteiger partial charge in [0.15, 0.2) is 11.5 Å². The Kier molecular flexibility index (Phi) is 5.84. The molecular weight excluding hydrogens is 354 g/mol. The monoisotopic (exact) mass is 381 g/mol. The predicted octanol–water partition coefficient (Wildman–Crippen LogP) is 3.25. The molecule has 0 saturated carbocycles. The van der Waals surface area contributed by atoms with Crippen LogP contribution in [0, 0.1) is 6.92 Å². The van der Waals surface area contributed by atoms with Crippen molar-refractivity contribution in [2.75, 3.05) is 45.9 Å². The molecule has 148 valence electrons. The molecule has 0 radical (unpaired) electrons. The summed E-state index contributed by atoms with van der Waals surface area (Å²) in [6.45, 7) is 2.73. The zero-order chi connectivity index (χ0) is 20.3. The number of nitrogen functional groups attached to an aromatic ring is 1. The van der Waals surface area contributed by atoms with Gasteiger partial charge in [-0.2, -0.15) is 4.98 Å². The number of nitrogens with one attached hydrogen (secondary N) is 1. The summed E-state index contributed by atoms with van der Waals surface area (Å²) in [5, 5.41) is 4.05. The third-order valence-corrected chi connectivity index (χ3v) is 4.77. The lowest BCUT2D eigenvalue weighted by Crippen LogP contribution is -2.27. The highest BCUT2D eigenvalue weighted by molar-refractivity contribution is 5.91. The van der Waals surface area contributed by atoms with Crippen LogP contribution >= 0.6 is 0 Å². The third-order valence-electron chi connectivity index (χ3n) is 4.77. The first-order valence-corrected chi connectivity index (χ1v) is 9.09. The topological polar surface area (TPSA) is 85.5 Å². The van der Waals surface area contributed by atoms with Gasteiger partial charge in [0.25, 0.3) is 0 Å². The summed E-state index contributed by atoms with van der Waals surface area (Å²) in [7, 11) is 7.29. The first-order chi connectivity index (χ1) is 13.4. The van der Waals surface area contributed by atoms with E-state index in [0.717, 1.165) is 5.39 Å². The molecule has 0 amide bonds. The Labute approximate surface area is 165 Å². The van der Waals surface area contributed by atoms with Gasteiger partial charge in [0.1, 0.15) is 5.82 Å². The smallest absolute Gasteiger partial charge is 0.225 e. The van der Waals surface area contributed by atoms with Crippen LogP contribution in [0.15, 0.2) is 36.4 Å². The number of aromatic nitrogens is 2. The number of aryl methyl sites for hydroxylation is 1. The summed E-state index contributed by atoms with van der Waals surface area (Å²) in [6.07, 6.45) is 0. The molecule has 2 aromatic carbocycles. The maximum Gasteiger partial charge on any atom is 0.225 e. The fourth-order valence-electron chi connectivity index (χ4n) is 3.13. The molecule has 1 atom stereocenters. The molecule has 0 aliphatic heterocycles. The van der Waals surface area contributed by atoms with E-state index in [0.29, 0.717) is 35.3 Å². The molecule has 1 unspecified atom stereocenters. The van der Waals surface area contributed by atoms with Crippen molar-refractivity contribution in [2.24, 2.45) is 0 Å². The third kappa shape index (κ3) is 4.09. The summed E-state index contributed by atoms with van der Waals surface area (Å²) in [5.41, 5.74) is 9.33. The van der Waals surface area contributed by atoms with Crippen LogP contribution in [0.4, 0.5) is 11.8 Å². The van der Waals surface area contributed by atoms with E-state index < -0.39 is 0 Å². The number of methoxy groups -OCH3 is 2. The Balaban J connectivity index is 1.87. The maximum absolute atomic E-state index is 6.17. The number of likely N-dealkylation sites (N-methyl/N-ethyl adjacent to an activating group) is 1. The van der Waals surface area contributed by atoms with Crippen molar-refractivity contribution >= 4 is 22.7 Å². The standard InChI is InChI=1S/C21H27N5O2/c1-13-6-8-14(9-7-13)17(26(2)3)12-23-21-24-16-11-19(28-5)18(27-4)10-15(16)20(22)25-21/h6-11,17H,12H2,1-5H3,(H3,22,23,24,25). The number of hydrogen-bond acceptors (Lipinski definition) is 7. The Morgan fingerprint density at radius 3 is 2.29 bits per heavy atom. The predicted molar refractivity (Wildman–Crippen MR) is 113 cm³/mol. The fraction of sp³-hybridized carbons (Fsp3) is 0.333. The van der Waals surface area contributed by atoms with Crippen LogP contribution in [0.2, 0.25) is 0 Å². The summed E-state index contributed by atoms with van der Waals surface area (Å²) < 4.78 is 10.7. The van der Waals surface area contributed by atoms with Crippen LogP contribution in [-0.2, 0) is 0 Å². The van der Waals surface area contributed by atoms with Crippen molar-refractivity contribution in [1.29, 1.82) is 0 Å². The lowest BCUT2D eigenvalue weighted by atomic mass is 10.0. The van der Waals surface area contributed by atoms with Crippen molar-refractivity contribution in [3.05, 3.63) is 47.5 Å². The summed E-state index contributed by atoms with van der Waals surface area (Å²) in [5.74, 6) is 2.07. The van der Waals surface area contributed by atoms with Gasteiger partial charge >= 0.3 is 0 Å². The Hall–Kier alpha value is -3.06. The molecule has 28 heavy (non-hydrogen) atoms. The number of fused-ring (bicyclic) bond motifs is 1. The second-order valence-electron chi connectivity index (χ2n) is 6.93. The molecule has 3 N–H and O–H groups in total. The van der Waals surface area contributed by atoms with Gasteiger partial charge in [0.2, 0.25) is 5.95 Å². The minimum absolute atomic E-state index is 0.173. The first-order valence-electron chi connectivity index (χ1n) is 9.09. The van der Waals surface area contributed by atoms with Crippen molar-refractivity contribution < 1.29 is 9.47 Å². The largest absolute Gasteiger partial charge is 0.493 e. The second-order valence-corrected chi connectivity index (χ2v) is 6.93. The van der Waals surface area contributed by atoms with E-state index in [1.807, 2.05) is 0 Å². The van der Waals surface area contributed by atoms with E-state index in [9.17, 15) is 0 Å². The lowest BCUT2D eigenvalue weighted by molar-refractivity contribution is 0.311. The number of ether oxygens (including phenoxy) is 2. The van der Waals surface area contributed by atoms with Gasteiger partial charge in [0, 0.05) is 18.0 Å². The Morgan fingerprint density at radius 2 is 1.68 bits per heavy atom. The van der Waals surface area contributed by atoms with Gasteiger partial charge in [0.05, 0.1) is 25.8 Å². The van der Waals surface area contributed by atoms with Crippen LogP contribution in [0.1, 0.15) is 17.2 Å². The molecule has 3 aromatic rings. The highest BCUT2D eigenvalue weighted by atomic mass is 16.5. The van der Waals surface area contributed by atoms with E-state index in [1.165, 1.54) is 11.1 Å². The second kappa shape index (κ2) is 8.31. The quantitative estimate of drug-likeness (QED) is 0.650. The van der Waals surface area contributed by atoms with Gasteiger partial charge in [-0.3, -0.25) is 0 Å². The van der Waals surface area contributed by atoms with Crippen LogP contribution < -0.4 is 20.5 Å². The SMILES string of the molecule is COc1cc2nc(NCC(c3ccc(C)cc3)N(C)C)nc(N)c2cc1OC. The Bertz CT molecular complexity index is 957. The molecule has 1 heterocycles. The molecule has 7 nitrogen and oxygen atoms in total. The number of nitrogens with two attached hydrogens (primary N) is 1. The van der Waals surface area contributed by atoms with E-state index in [4.69, 9.17) is 15.2 Å². The zero-order valence-corrected chi connectivity index (χ0v) is 17.0. The molecule has 1 aromatic heterocycles. The van der Waals surface area contributed by atoms with Gasteiger partial charge < -0.3 is 25.4 Å². The van der Waals surface area contributed by atoms with E-state index in [1.54, 1.807) is 26.4 Å². The molecule has 0 bridgehead atoms.